The molecule has 2 heterocycles. The number of fused-ring (bicyclic) bond motifs is 2. The summed E-state index contributed by atoms with van der Waals surface area (Å²) in [5.41, 5.74) is 2.47. The molecule has 2 aliphatic heterocycles. The van der Waals surface area contributed by atoms with Crippen LogP contribution in [0.2, 0.25) is 0 Å². The first kappa shape index (κ1) is 13.7. The van der Waals surface area contributed by atoms with Crippen molar-refractivity contribution in [2.24, 2.45) is 0 Å². The van der Waals surface area contributed by atoms with E-state index >= 15 is 0 Å². The van der Waals surface area contributed by atoms with Crippen LogP contribution in [-0.2, 0) is 0 Å². The normalized spacial score (nSPS) is 17.3. The number of ether oxygens (including phenoxy) is 3. The lowest BCUT2D eigenvalue weighted by Gasteiger charge is -2.23. The van der Waals surface area contributed by atoms with Crippen molar-refractivity contribution in [3.8, 4) is 17.2 Å². The van der Waals surface area contributed by atoms with Crippen LogP contribution in [0.3, 0.4) is 0 Å². The predicted octanol–water partition coefficient (Wildman–Crippen LogP) is 2.92. The molecule has 5 nitrogen and oxygen atoms in total. The summed E-state index contributed by atoms with van der Waals surface area (Å²) in [6.45, 7) is 0.215. The predicted molar refractivity (Wildman–Crippen MR) is 84.8 cm³/mol. The van der Waals surface area contributed by atoms with Crippen LogP contribution < -0.4 is 19.5 Å². The number of carbonyl (C=O) groups is 1. The van der Waals surface area contributed by atoms with Gasteiger partial charge < -0.3 is 19.5 Å². The SMILES string of the molecule is COc1ccc(C(=O)C2NC=Cc3cc4c(cc32)OCO4)cc1. The third-order valence-corrected chi connectivity index (χ3v) is 4.05. The van der Waals surface area contributed by atoms with Crippen LogP contribution in [0.1, 0.15) is 27.5 Å². The third kappa shape index (κ3) is 2.30. The molecule has 2 aromatic carbocycles. The van der Waals surface area contributed by atoms with Crippen molar-refractivity contribution in [3.05, 3.63) is 59.3 Å². The molecule has 1 N–H and O–H groups in total. The zero-order valence-corrected chi connectivity index (χ0v) is 12.5. The van der Waals surface area contributed by atoms with Gasteiger partial charge in [0.15, 0.2) is 17.3 Å². The van der Waals surface area contributed by atoms with Gasteiger partial charge in [-0.2, -0.15) is 0 Å². The van der Waals surface area contributed by atoms with Crippen molar-refractivity contribution in [3.63, 3.8) is 0 Å². The molecular weight excluding hydrogens is 294 g/mol. The molecule has 0 fully saturated rings. The lowest BCUT2D eigenvalue weighted by molar-refractivity contribution is 0.0949. The first-order valence-corrected chi connectivity index (χ1v) is 7.30. The number of ketones is 1. The molecule has 0 aromatic heterocycles. The summed E-state index contributed by atoms with van der Waals surface area (Å²) in [6, 6.07) is 10.4. The Morgan fingerprint density at radius 2 is 1.91 bits per heavy atom. The number of nitrogens with one attached hydrogen (secondary N) is 1. The van der Waals surface area contributed by atoms with Crippen LogP contribution >= 0.6 is 0 Å². The van der Waals surface area contributed by atoms with Gasteiger partial charge >= 0.3 is 0 Å². The molecule has 2 aromatic rings. The first-order chi connectivity index (χ1) is 11.3. The number of benzene rings is 2. The molecule has 0 radical (unpaired) electrons. The lowest BCUT2D eigenvalue weighted by atomic mass is 9.91. The van der Waals surface area contributed by atoms with Crippen LogP contribution in [0.4, 0.5) is 0 Å². The highest BCUT2D eigenvalue weighted by atomic mass is 16.7. The van der Waals surface area contributed by atoms with Crippen molar-refractivity contribution >= 4 is 11.9 Å². The van der Waals surface area contributed by atoms with Gasteiger partial charge in [-0.15, -0.1) is 0 Å². The fourth-order valence-electron chi connectivity index (χ4n) is 2.83. The average molecular weight is 309 g/mol. The molecule has 5 heteroatoms. The highest BCUT2D eigenvalue weighted by Crippen LogP contribution is 2.39. The second-order valence-corrected chi connectivity index (χ2v) is 5.36. The molecule has 1 atom stereocenters. The van der Waals surface area contributed by atoms with Gasteiger partial charge in [0.1, 0.15) is 11.8 Å². The van der Waals surface area contributed by atoms with Crippen LogP contribution in [0.5, 0.6) is 17.2 Å². The van der Waals surface area contributed by atoms with E-state index < -0.39 is 6.04 Å². The van der Waals surface area contributed by atoms with Gasteiger partial charge in [-0.25, -0.2) is 0 Å². The molecule has 0 amide bonds. The van der Waals surface area contributed by atoms with Gasteiger partial charge in [-0.05, 0) is 59.8 Å². The van der Waals surface area contributed by atoms with E-state index in [4.69, 9.17) is 14.2 Å². The summed E-state index contributed by atoms with van der Waals surface area (Å²) < 4.78 is 16.0. The Bertz CT molecular complexity index is 795. The van der Waals surface area contributed by atoms with E-state index in [1.165, 1.54) is 0 Å². The van der Waals surface area contributed by atoms with E-state index in [9.17, 15) is 4.79 Å². The number of rotatable bonds is 3. The van der Waals surface area contributed by atoms with Gasteiger partial charge in [-0.1, -0.05) is 0 Å². The number of hydrogen-bond donors (Lipinski definition) is 1. The van der Waals surface area contributed by atoms with Crippen molar-refractivity contribution in [2.75, 3.05) is 13.9 Å². The minimum atomic E-state index is -0.446. The fraction of sp³-hybridized carbons (Fsp3) is 0.167. The van der Waals surface area contributed by atoms with Crippen LogP contribution in [-0.4, -0.2) is 19.7 Å². The Labute approximate surface area is 133 Å². The fourth-order valence-corrected chi connectivity index (χ4v) is 2.83. The van der Waals surface area contributed by atoms with Crippen molar-refractivity contribution in [1.82, 2.24) is 5.32 Å². The largest absolute Gasteiger partial charge is 0.497 e. The average Bonchev–Trinajstić information content (AvgIpc) is 3.06. The third-order valence-electron chi connectivity index (χ3n) is 4.05. The van der Waals surface area contributed by atoms with Gasteiger partial charge in [0.25, 0.3) is 0 Å². The van der Waals surface area contributed by atoms with Crippen LogP contribution in [0.15, 0.2) is 42.6 Å². The van der Waals surface area contributed by atoms with Crippen LogP contribution in [0.25, 0.3) is 6.08 Å². The molecule has 23 heavy (non-hydrogen) atoms. The topological polar surface area (TPSA) is 56.8 Å². The van der Waals surface area contributed by atoms with Crippen molar-refractivity contribution in [1.29, 1.82) is 0 Å². The summed E-state index contributed by atoms with van der Waals surface area (Å²) in [6.07, 6.45) is 3.71. The maximum atomic E-state index is 12.9. The summed E-state index contributed by atoms with van der Waals surface area (Å²) >= 11 is 0. The zero-order chi connectivity index (χ0) is 15.8. The first-order valence-electron chi connectivity index (χ1n) is 7.30. The minimum absolute atomic E-state index is 0.00267. The Morgan fingerprint density at radius 1 is 1.17 bits per heavy atom. The van der Waals surface area contributed by atoms with Gasteiger partial charge in [-0.3, -0.25) is 4.79 Å². The van der Waals surface area contributed by atoms with E-state index in [-0.39, 0.29) is 12.6 Å². The second-order valence-electron chi connectivity index (χ2n) is 5.36. The van der Waals surface area contributed by atoms with E-state index in [0.717, 1.165) is 16.9 Å². The quantitative estimate of drug-likeness (QED) is 0.884. The summed E-state index contributed by atoms with van der Waals surface area (Å²) in [7, 11) is 1.60. The van der Waals surface area contributed by atoms with E-state index in [1.54, 1.807) is 37.6 Å². The highest BCUT2D eigenvalue weighted by Gasteiger charge is 2.28. The highest BCUT2D eigenvalue weighted by molar-refractivity contribution is 6.01. The molecule has 0 bridgehead atoms. The maximum Gasteiger partial charge on any atom is 0.231 e. The summed E-state index contributed by atoms with van der Waals surface area (Å²) in [5, 5.41) is 3.14. The second kappa shape index (κ2) is 5.35. The smallest absolute Gasteiger partial charge is 0.231 e. The van der Waals surface area contributed by atoms with Crippen molar-refractivity contribution in [2.45, 2.75) is 6.04 Å². The molecule has 0 saturated carbocycles. The Morgan fingerprint density at radius 3 is 2.65 bits per heavy atom. The van der Waals surface area contributed by atoms with Crippen molar-refractivity contribution < 1.29 is 19.0 Å². The van der Waals surface area contributed by atoms with Gasteiger partial charge in [0.2, 0.25) is 6.79 Å². The standard InChI is InChI=1S/C18H15NO4/c1-21-13-4-2-11(3-5-13)18(20)17-14-9-16-15(22-10-23-16)8-12(14)6-7-19-17/h2-9,17,19H,10H2,1H3. The zero-order valence-electron chi connectivity index (χ0n) is 12.5. The molecular formula is C18H15NO4. The number of Topliss-reactive ketones (excluding diaryl/α,β-unsaturated/α-hetero) is 1. The van der Waals surface area contributed by atoms with E-state index in [2.05, 4.69) is 5.32 Å². The van der Waals surface area contributed by atoms with Gasteiger partial charge in [0.05, 0.1) is 7.11 Å². The molecule has 0 aliphatic carbocycles. The van der Waals surface area contributed by atoms with Crippen LogP contribution in [0, 0.1) is 0 Å². The molecule has 2 aliphatic rings. The maximum absolute atomic E-state index is 12.9. The molecule has 0 saturated heterocycles. The molecule has 116 valence electrons. The molecule has 1 unspecified atom stereocenters. The molecule has 4 rings (SSSR count). The Hall–Kier alpha value is -2.95. The Kier molecular flexibility index (Phi) is 3.19. The summed E-state index contributed by atoms with van der Waals surface area (Å²) in [4.78, 5) is 12.9. The number of methoxy groups -OCH3 is 1. The Balaban J connectivity index is 1.70. The number of carbonyl (C=O) groups excluding carboxylic acids is 1. The van der Waals surface area contributed by atoms with E-state index in [1.807, 2.05) is 18.2 Å². The van der Waals surface area contributed by atoms with E-state index in [0.29, 0.717) is 17.1 Å². The monoisotopic (exact) mass is 309 g/mol. The minimum Gasteiger partial charge on any atom is -0.497 e. The lowest BCUT2D eigenvalue weighted by Crippen LogP contribution is -2.27. The van der Waals surface area contributed by atoms with Gasteiger partial charge in [0, 0.05) is 5.56 Å². The summed E-state index contributed by atoms with van der Waals surface area (Å²) in [5.74, 6) is 2.11. The molecule has 0 spiro atoms. The number of hydrogen-bond acceptors (Lipinski definition) is 5.